The number of amides is 2. The summed E-state index contributed by atoms with van der Waals surface area (Å²) in [6.07, 6.45) is 0.281. The van der Waals surface area contributed by atoms with Gasteiger partial charge in [-0.25, -0.2) is 0 Å². The van der Waals surface area contributed by atoms with E-state index >= 15 is 0 Å². The number of hydrogen-bond donors (Lipinski definition) is 1. The SMILES string of the molecule is CNC(=O)c1ccc(CN(C)CC(=O)N(CCC#N)c2ccc(C)c(C)c2)cc1. The van der Waals surface area contributed by atoms with Crippen molar-refractivity contribution in [1.82, 2.24) is 10.2 Å². The van der Waals surface area contributed by atoms with Gasteiger partial charge in [-0.1, -0.05) is 18.2 Å². The zero-order valence-electron chi connectivity index (χ0n) is 17.5. The second-order valence-corrected chi connectivity index (χ2v) is 7.17. The molecule has 29 heavy (non-hydrogen) atoms. The molecular formula is C23H28N4O2. The summed E-state index contributed by atoms with van der Waals surface area (Å²) in [5.41, 5.74) is 4.72. The number of benzene rings is 2. The molecule has 2 rings (SSSR count). The Morgan fingerprint density at radius 2 is 1.76 bits per heavy atom. The number of nitriles is 1. The van der Waals surface area contributed by atoms with E-state index in [4.69, 9.17) is 5.26 Å². The molecule has 0 unspecified atom stereocenters. The van der Waals surface area contributed by atoms with Crippen molar-refractivity contribution in [2.24, 2.45) is 0 Å². The van der Waals surface area contributed by atoms with Crippen molar-refractivity contribution in [3.05, 3.63) is 64.7 Å². The molecule has 152 valence electrons. The molecule has 0 atom stereocenters. The van der Waals surface area contributed by atoms with Gasteiger partial charge in [0.05, 0.1) is 19.0 Å². The van der Waals surface area contributed by atoms with Crippen LogP contribution < -0.4 is 10.2 Å². The fraction of sp³-hybridized carbons (Fsp3) is 0.348. The van der Waals surface area contributed by atoms with Crippen molar-refractivity contribution in [2.45, 2.75) is 26.8 Å². The lowest BCUT2D eigenvalue weighted by atomic mass is 10.1. The minimum Gasteiger partial charge on any atom is -0.355 e. The monoisotopic (exact) mass is 392 g/mol. The molecule has 0 aromatic heterocycles. The van der Waals surface area contributed by atoms with E-state index in [1.54, 1.807) is 24.1 Å². The molecule has 0 aliphatic rings. The predicted molar refractivity (Wildman–Crippen MR) is 115 cm³/mol. The number of nitrogens with one attached hydrogen (secondary N) is 1. The predicted octanol–water partition coefficient (Wildman–Crippen LogP) is 3.04. The summed E-state index contributed by atoms with van der Waals surface area (Å²) in [6, 6.07) is 15.4. The fourth-order valence-corrected chi connectivity index (χ4v) is 3.04. The molecule has 2 amide bonds. The van der Waals surface area contributed by atoms with Crippen LogP contribution in [0, 0.1) is 25.2 Å². The molecule has 0 saturated carbocycles. The van der Waals surface area contributed by atoms with E-state index < -0.39 is 0 Å². The van der Waals surface area contributed by atoms with Gasteiger partial charge in [0.15, 0.2) is 0 Å². The van der Waals surface area contributed by atoms with Crippen LogP contribution in [0.5, 0.6) is 0 Å². The zero-order valence-corrected chi connectivity index (χ0v) is 17.5. The number of carbonyl (C=O) groups excluding carboxylic acids is 2. The molecular weight excluding hydrogens is 364 g/mol. The Kier molecular flexibility index (Phi) is 7.93. The highest BCUT2D eigenvalue weighted by atomic mass is 16.2. The van der Waals surface area contributed by atoms with Crippen molar-refractivity contribution >= 4 is 17.5 Å². The second-order valence-electron chi connectivity index (χ2n) is 7.17. The number of carbonyl (C=O) groups is 2. The van der Waals surface area contributed by atoms with E-state index in [9.17, 15) is 9.59 Å². The van der Waals surface area contributed by atoms with Crippen LogP contribution in [-0.4, -0.2) is 43.9 Å². The first-order valence-electron chi connectivity index (χ1n) is 9.60. The number of likely N-dealkylation sites (N-methyl/N-ethyl adjacent to an activating group) is 1. The van der Waals surface area contributed by atoms with Gasteiger partial charge in [-0.15, -0.1) is 0 Å². The maximum absolute atomic E-state index is 13.0. The minimum atomic E-state index is -0.124. The lowest BCUT2D eigenvalue weighted by molar-refractivity contribution is -0.119. The first-order chi connectivity index (χ1) is 13.8. The van der Waals surface area contributed by atoms with E-state index in [-0.39, 0.29) is 24.8 Å². The Labute approximate surface area is 172 Å². The molecule has 0 heterocycles. The van der Waals surface area contributed by atoms with Crippen LogP contribution in [0.2, 0.25) is 0 Å². The third-order valence-corrected chi connectivity index (χ3v) is 4.85. The molecule has 0 radical (unpaired) electrons. The van der Waals surface area contributed by atoms with Crippen molar-refractivity contribution in [3.8, 4) is 6.07 Å². The molecule has 0 aliphatic heterocycles. The standard InChI is InChI=1S/C23H28N4O2/c1-17-6-11-21(14-18(17)2)27(13-5-12-24)22(28)16-26(4)15-19-7-9-20(10-8-19)23(29)25-3/h6-11,14H,5,13,15-16H2,1-4H3,(H,25,29). The van der Waals surface area contributed by atoms with Crippen LogP contribution in [0.15, 0.2) is 42.5 Å². The van der Waals surface area contributed by atoms with Gasteiger partial charge in [-0.05, 0) is 61.9 Å². The van der Waals surface area contributed by atoms with Gasteiger partial charge in [0, 0.05) is 31.4 Å². The highest BCUT2D eigenvalue weighted by Crippen LogP contribution is 2.20. The van der Waals surface area contributed by atoms with Crippen molar-refractivity contribution in [1.29, 1.82) is 5.26 Å². The number of rotatable bonds is 8. The number of nitrogens with zero attached hydrogens (tertiary/aromatic N) is 3. The van der Waals surface area contributed by atoms with E-state index in [1.807, 2.05) is 56.1 Å². The Morgan fingerprint density at radius 1 is 1.07 bits per heavy atom. The summed E-state index contributed by atoms with van der Waals surface area (Å²) in [5, 5.41) is 11.6. The van der Waals surface area contributed by atoms with Crippen LogP contribution in [0.3, 0.4) is 0 Å². The van der Waals surface area contributed by atoms with Gasteiger partial charge in [-0.3, -0.25) is 14.5 Å². The average molecular weight is 393 g/mol. The Bertz CT molecular complexity index is 900. The average Bonchev–Trinajstić information content (AvgIpc) is 2.70. The van der Waals surface area contributed by atoms with Crippen molar-refractivity contribution in [2.75, 3.05) is 32.1 Å². The summed E-state index contributed by atoms with van der Waals surface area (Å²) in [5.74, 6) is -0.172. The van der Waals surface area contributed by atoms with Crippen LogP contribution in [-0.2, 0) is 11.3 Å². The summed E-state index contributed by atoms with van der Waals surface area (Å²) >= 11 is 0. The number of hydrogen-bond acceptors (Lipinski definition) is 4. The molecule has 0 aliphatic carbocycles. The molecule has 0 bridgehead atoms. The van der Waals surface area contributed by atoms with Crippen LogP contribution in [0.1, 0.15) is 33.5 Å². The number of aryl methyl sites for hydroxylation is 2. The molecule has 0 saturated heterocycles. The molecule has 6 nitrogen and oxygen atoms in total. The fourth-order valence-electron chi connectivity index (χ4n) is 3.04. The van der Waals surface area contributed by atoms with Crippen LogP contribution in [0.4, 0.5) is 5.69 Å². The lowest BCUT2D eigenvalue weighted by Gasteiger charge is -2.25. The Balaban J connectivity index is 2.06. The van der Waals surface area contributed by atoms with E-state index in [2.05, 4.69) is 11.4 Å². The van der Waals surface area contributed by atoms with Crippen LogP contribution in [0.25, 0.3) is 0 Å². The first kappa shape index (κ1) is 22.1. The molecule has 0 fully saturated rings. The smallest absolute Gasteiger partial charge is 0.251 e. The van der Waals surface area contributed by atoms with Crippen molar-refractivity contribution in [3.63, 3.8) is 0 Å². The normalized spacial score (nSPS) is 10.5. The van der Waals surface area contributed by atoms with Gasteiger partial charge < -0.3 is 10.2 Å². The topological polar surface area (TPSA) is 76.4 Å². The second kappa shape index (κ2) is 10.4. The van der Waals surface area contributed by atoms with Crippen LogP contribution >= 0.6 is 0 Å². The maximum atomic E-state index is 13.0. The van der Waals surface area contributed by atoms with Gasteiger partial charge >= 0.3 is 0 Å². The quantitative estimate of drug-likeness (QED) is 0.749. The highest BCUT2D eigenvalue weighted by molar-refractivity contribution is 5.95. The van der Waals surface area contributed by atoms with Gasteiger partial charge in [-0.2, -0.15) is 5.26 Å². The zero-order chi connectivity index (χ0) is 21.4. The number of anilines is 1. The minimum absolute atomic E-state index is 0.0482. The van der Waals surface area contributed by atoms with Gasteiger partial charge in [0.2, 0.25) is 5.91 Å². The maximum Gasteiger partial charge on any atom is 0.251 e. The van der Waals surface area contributed by atoms with E-state index in [1.165, 1.54) is 5.56 Å². The Morgan fingerprint density at radius 3 is 2.34 bits per heavy atom. The highest BCUT2D eigenvalue weighted by Gasteiger charge is 2.18. The van der Waals surface area contributed by atoms with E-state index in [0.717, 1.165) is 16.8 Å². The summed E-state index contributed by atoms with van der Waals surface area (Å²) in [4.78, 5) is 28.2. The molecule has 2 aromatic rings. The van der Waals surface area contributed by atoms with E-state index in [0.29, 0.717) is 18.7 Å². The molecule has 2 aromatic carbocycles. The molecule has 6 heteroatoms. The summed E-state index contributed by atoms with van der Waals surface area (Å²) < 4.78 is 0. The largest absolute Gasteiger partial charge is 0.355 e. The molecule has 0 spiro atoms. The lowest BCUT2D eigenvalue weighted by Crippen LogP contribution is -2.39. The van der Waals surface area contributed by atoms with Gasteiger partial charge in [0.1, 0.15) is 0 Å². The third kappa shape index (κ3) is 6.16. The van der Waals surface area contributed by atoms with Crippen molar-refractivity contribution < 1.29 is 9.59 Å². The first-order valence-corrected chi connectivity index (χ1v) is 9.60. The summed E-state index contributed by atoms with van der Waals surface area (Å²) in [7, 11) is 3.48. The van der Waals surface area contributed by atoms with Gasteiger partial charge in [0.25, 0.3) is 5.91 Å². The summed E-state index contributed by atoms with van der Waals surface area (Å²) in [6.45, 7) is 5.23. The third-order valence-electron chi connectivity index (χ3n) is 4.85. The Hall–Kier alpha value is -3.17. The molecule has 1 N–H and O–H groups in total.